The normalized spacial score (nSPS) is 24.0. The number of rotatable bonds is 9. The quantitative estimate of drug-likeness (QED) is 0.617. The first-order valence-corrected chi connectivity index (χ1v) is 10.5. The number of primary amides is 1. The molecule has 0 aromatic carbocycles. The maximum atomic E-state index is 11.9. The first-order valence-electron chi connectivity index (χ1n) is 10.5. The second-order valence-electron chi connectivity index (χ2n) is 8.01. The molecular weight excluding hydrogens is 298 g/mol. The van der Waals surface area contributed by atoms with Gasteiger partial charge in [-0.25, -0.2) is 4.79 Å². The summed E-state index contributed by atoms with van der Waals surface area (Å²) < 4.78 is 0. The number of likely N-dealkylation sites (tertiary alicyclic amines) is 1. The predicted octanol–water partition coefficient (Wildman–Crippen LogP) is 4.29. The molecule has 2 aliphatic rings. The Morgan fingerprint density at radius 1 is 1.12 bits per heavy atom. The summed E-state index contributed by atoms with van der Waals surface area (Å²) >= 11 is 0. The molecular formula is C20H39N3O. The minimum atomic E-state index is -0.209. The number of carbonyl (C=O) groups is 1. The van der Waals surface area contributed by atoms with Crippen molar-refractivity contribution in [2.24, 2.45) is 17.6 Å². The van der Waals surface area contributed by atoms with Crippen molar-refractivity contribution in [3.8, 4) is 0 Å². The third-order valence-electron chi connectivity index (χ3n) is 6.10. The maximum Gasteiger partial charge on any atom is 0.315 e. The number of piperidine rings is 1. The molecule has 1 aliphatic heterocycles. The molecule has 2 fully saturated rings. The number of nitrogens with zero attached hydrogens (tertiary/aromatic N) is 1. The van der Waals surface area contributed by atoms with E-state index in [1.807, 2.05) is 4.90 Å². The summed E-state index contributed by atoms with van der Waals surface area (Å²) in [5, 5.41) is 3.69. The van der Waals surface area contributed by atoms with Gasteiger partial charge in [-0.3, -0.25) is 0 Å². The fraction of sp³-hybridized carbons (Fsp3) is 0.950. The number of hydrogen-bond donors (Lipinski definition) is 2. The molecule has 4 heteroatoms. The van der Waals surface area contributed by atoms with E-state index in [0.717, 1.165) is 38.4 Å². The summed E-state index contributed by atoms with van der Waals surface area (Å²) in [7, 11) is 0. The standard InChI is InChI=1S/C20H39N3O/c1-2-3-8-13-22-16-18(15-17-10-5-4-6-11-17)19-12-7-9-14-23(19)20(21)24/h17-19,22H,2-16H2,1H3,(H2,21,24)/t18-,19?/m0/s1. The Labute approximate surface area is 148 Å². The molecule has 4 nitrogen and oxygen atoms in total. The van der Waals surface area contributed by atoms with Gasteiger partial charge in [0.1, 0.15) is 0 Å². The van der Waals surface area contributed by atoms with Crippen molar-refractivity contribution >= 4 is 6.03 Å². The smallest absolute Gasteiger partial charge is 0.315 e. The lowest BCUT2D eigenvalue weighted by atomic mass is 9.78. The minimum absolute atomic E-state index is 0.209. The van der Waals surface area contributed by atoms with Gasteiger partial charge in [0.2, 0.25) is 0 Å². The van der Waals surface area contributed by atoms with Crippen LogP contribution in [0.4, 0.5) is 4.79 Å². The van der Waals surface area contributed by atoms with Crippen LogP contribution in [0.5, 0.6) is 0 Å². The second kappa shape index (κ2) is 11.0. The monoisotopic (exact) mass is 337 g/mol. The number of hydrogen-bond acceptors (Lipinski definition) is 2. The highest BCUT2D eigenvalue weighted by atomic mass is 16.2. The second-order valence-corrected chi connectivity index (χ2v) is 8.01. The Balaban J connectivity index is 1.92. The molecule has 0 spiro atoms. The van der Waals surface area contributed by atoms with Gasteiger partial charge < -0.3 is 16.0 Å². The molecule has 0 aromatic rings. The fourth-order valence-electron chi connectivity index (χ4n) is 4.74. The van der Waals surface area contributed by atoms with Gasteiger partial charge in [-0.2, -0.15) is 0 Å². The van der Waals surface area contributed by atoms with Crippen LogP contribution in [0.15, 0.2) is 0 Å². The Morgan fingerprint density at radius 3 is 2.58 bits per heavy atom. The van der Waals surface area contributed by atoms with Gasteiger partial charge in [-0.1, -0.05) is 51.9 Å². The van der Waals surface area contributed by atoms with Gasteiger partial charge in [-0.05, 0) is 57.0 Å². The highest BCUT2D eigenvalue weighted by molar-refractivity contribution is 5.72. The summed E-state index contributed by atoms with van der Waals surface area (Å²) in [5.41, 5.74) is 5.69. The lowest BCUT2D eigenvalue weighted by Gasteiger charge is -2.41. The number of urea groups is 1. The maximum absolute atomic E-state index is 11.9. The molecule has 1 heterocycles. The van der Waals surface area contributed by atoms with Crippen molar-refractivity contribution in [2.75, 3.05) is 19.6 Å². The van der Waals surface area contributed by atoms with Gasteiger partial charge in [-0.15, -0.1) is 0 Å². The molecule has 2 atom stereocenters. The van der Waals surface area contributed by atoms with Gasteiger partial charge in [0.15, 0.2) is 0 Å². The van der Waals surface area contributed by atoms with Gasteiger partial charge in [0.05, 0.1) is 0 Å². The molecule has 1 unspecified atom stereocenters. The average Bonchev–Trinajstić information content (AvgIpc) is 2.61. The predicted molar refractivity (Wildman–Crippen MR) is 101 cm³/mol. The summed E-state index contributed by atoms with van der Waals surface area (Å²) in [5.74, 6) is 1.43. The molecule has 0 aromatic heterocycles. The molecule has 24 heavy (non-hydrogen) atoms. The van der Waals surface area contributed by atoms with Crippen molar-refractivity contribution < 1.29 is 4.79 Å². The third kappa shape index (κ3) is 6.27. The minimum Gasteiger partial charge on any atom is -0.351 e. The Morgan fingerprint density at radius 2 is 1.88 bits per heavy atom. The van der Waals surface area contributed by atoms with Crippen molar-refractivity contribution in [1.82, 2.24) is 10.2 Å². The van der Waals surface area contributed by atoms with Crippen LogP contribution >= 0.6 is 0 Å². The number of amides is 2. The summed E-state index contributed by atoms with van der Waals surface area (Å²) in [6, 6.07) is 0.149. The lowest BCUT2D eigenvalue weighted by Crippen LogP contribution is -2.52. The van der Waals surface area contributed by atoms with E-state index >= 15 is 0 Å². The Hall–Kier alpha value is -0.770. The fourth-order valence-corrected chi connectivity index (χ4v) is 4.74. The van der Waals surface area contributed by atoms with Crippen LogP contribution in [-0.2, 0) is 0 Å². The SMILES string of the molecule is CCCCCNC[C@H](CC1CCCCC1)C1CCCCN1C(N)=O. The number of nitrogens with one attached hydrogen (secondary N) is 1. The van der Waals surface area contributed by atoms with Crippen LogP contribution in [0, 0.1) is 11.8 Å². The topological polar surface area (TPSA) is 58.4 Å². The van der Waals surface area contributed by atoms with Crippen molar-refractivity contribution in [2.45, 2.75) is 90.0 Å². The highest BCUT2D eigenvalue weighted by Gasteiger charge is 2.33. The van der Waals surface area contributed by atoms with Gasteiger partial charge in [0, 0.05) is 12.6 Å². The molecule has 2 amide bonds. The summed E-state index contributed by atoms with van der Waals surface area (Å²) in [4.78, 5) is 13.9. The van der Waals surface area contributed by atoms with Crippen molar-refractivity contribution in [3.05, 3.63) is 0 Å². The van der Waals surface area contributed by atoms with E-state index in [1.165, 1.54) is 64.2 Å². The zero-order chi connectivity index (χ0) is 17.2. The molecule has 0 radical (unpaired) electrons. The third-order valence-corrected chi connectivity index (χ3v) is 6.10. The van der Waals surface area contributed by atoms with Crippen LogP contribution in [0.2, 0.25) is 0 Å². The first-order chi connectivity index (χ1) is 11.7. The van der Waals surface area contributed by atoms with E-state index in [2.05, 4.69) is 12.2 Å². The molecule has 1 saturated heterocycles. The van der Waals surface area contributed by atoms with E-state index in [1.54, 1.807) is 0 Å². The molecule has 1 saturated carbocycles. The largest absolute Gasteiger partial charge is 0.351 e. The van der Waals surface area contributed by atoms with E-state index < -0.39 is 0 Å². The molecule has 1 aliphatic carbocycles. The number of carbonyl (C=O) groups excluding carboxylic acids is 1. The Bertz CT molecular complexity index is 355. The van der Waals surface area contributed by atoms with Gasteiger partial charge in [0.25, 0.3) is 0 Å². The number of unbranched alkanes of at least 4 members (excludes halogenated alkanes) is 2. The average molecular weight is 338 g/mol. The zero-order valence-corrected chi connectivity index (χ0v) is 15.8. The van der Waals surface area contributed by atoms with Crippen LogP contribution in [-0.4, -0.2) is 36.6 Å². The van der Waals surface area contributed by atoms with Crippen LogP contribution in [0.25, 0.3) is 0 Å². The molecule has 0 bridgehead atoms. The van der Waals surface area contributed by atoms with Crippen LogP contribution < -0.4 is 11.1 Å². The first kappa shape index (κ1) is 19.6. The summed E-state index contributed by atoms with van der Waals surface area (Å²) in [6.45, 7) is 5.27. The number of nitrogens with two attached hydrogens (primary N) is 1. The molecule has 140 valence electrons. The zero-order valence-electron chi connectivity index (χ0n) is 15.8. The molecule has 2 rings (SSSR count). The van der Waals surface area contributed by atoms with Crippen molar-refractivity contribution in [1.29, 1.82) is 0 Å². The van der Waals surface area contributed by atoms with E-state index in [4.69, 9.17) is 5.73 Å². The summed E-state index contributed by atoms with van der Waals surface area (Å²) in [6.07, 6.45) is 15.6. The van der Waals surface area contributed by atoms with Crippen LogP contribution in [0.3, 0.4) is 0 Å². The highest BCUT2D eigenvalue weighted by Crippen LogP contribution is 2.33. The van der Waals surface area contributed by atoms with E-state index in [-0.39, 0.29) is 6.03 Å². The van der Waals surface area contributed by atoms with Gasteiger partial charge >= 0.3 is 6.03 Å². The van der Waals surface area contributed by atoms with Crippen molar-refractivity contribution in [3.63, 3.8) is 0 Å². The Kier molecular flexibility index (Phi) is 8.93. The van der Waals surface area contributed by atoms with E-state index in [0.29, 0.717) is 12.0 Å². The van der Waals surface area contributed by atoms with Crippen LogP contribution in [0.1, 0.15) is 84.0 Å². The lowest BCUT2D eigenvalue weighted by molar-refractivity contribution is 0.107. The molecule has 3 N–H and O–H groups in total. The van der Waals surface area contributed by atoms with E-state index in [9.17, 15) is 4.79 Å².